The van der Waals surface area contributed by atoms with E-state index in [-0.39, 0.29) is 0 Å². The number of hydrogen-bond acceptors (Lipinski definition) is 1. The van der Waals surface area contributed by atoms with E-state index in [1.54, 1.807) is 0 Å². The van der Waals surface area contributed by atoms with Crippen LogP contribution in [0.3, 0.4) is 0 Å². The Labute approximate surface area is 116 Å². The normalized spacial score (nSPS) is 10.8. The molecule has 2 aromatic rings. The maximum Gasteiger partial charge on any atom is 0.0359 e. The summed E-state index contributed by atoms with van der Waals surface area (Å²) in [6, 6.07) is 13.0. The summed E-state index contributed by atoms with van der Waals surface area (Å²) in [4.78, 5) is 0. The lowest BCUT2D eigenvalue weighted by Crippen LogP contribution is -2.19. The largest absolute Gasteiger partial charge is 0.350 e. The SMILES string of the molecule is CCCn1cccc1CNCCc1ccccc1C. The minimum absolute atomic E-state index is 0.957. The van der Waals surface area contributed by atoms with Gasteiger partial charge in [0.2, 0.25) is 0 Å². The van der Waals surface area contributed by atoms with Gasteiger partial charge in [0.05, 0.1) is 0 Å². The standard InChI is InChI=1S/C17H24N2/c1-3-12-19-13-6-9-17(19)14-18-11-10-16-8-5-4-7-15(16)2/h4-9,13,18H,3,10-12,14H2,1-2H3. The number of nitrogens with one attached hydrogen (secondary N) is 1. The van der Waals surface area contributed by atoms with E-state index in [2.05, 4.69) is 66.3 Å². The molecule has 0 aliphatic heterocycles. The van der Waals surface area contributed by atoms with E-state index >= 15 is 0 Å². The van der Waals surface area contributed by atoms with Crippen molar-refractivity contribution in [2.24, 2.45) is 0 Å². The molecule has 0 aliphatic carbocycles. The molecule has 0 fully saturated rings. The second-order valence-corrected chi connectivity index (χ2v) is 5.05. The molecule has 2 heteroatoms. The summed E-state index contributed by atoms with van der Waals surface area (Å²) in [5.74, 6) is 0. The van der Waals surface area contributed by atoms with E-state index in [0.717, 1.165) is 26.1 Å². The summed E-state index contributed by atoms with van der Waals surface area (Å²) in [5.41, 5.74) is 4.21. The molecule has 0 amide bonds. The Morgan fingerprint density at radius 1 is 1.11 bits per heavy atom. The number of aryl methyl sites for hydroxylation is 2. The Morgan fingerprint density at radius 3 is 2.74 bits per heavy atom. The van der Waals surface area contributed by atoms with Crippen molar-refractivity contribution in [2.75, 3.05) is 6.54 Å². The van der Waals surface area contributed by atoms with Crippen LogP contribution in [0.15, 0.2) is 42.6 Å². The predicted molar refractivity (Wildman–Crippen MR) is 81.3 cm³/mol. The van der Waals surface area contributed by atoms with E-state index in [0.29, 0.717) is 0 Å². The van der Waals surface area contributed by atoms with Crippen molar-refractivity contribution < 1.29 is 0 Å². The first-order valence-electron chi connectivity index (χ1n) is 7.20. The molecule has 19 heavy (non-hydrogen) atoms. The molecule has 1 heterocycles. The summed E-state index contributed by atoms with van der Waals surface area (Å²) in [6.45, 7) is 7.50. The van der Waals surface area contributed by atoms with Crippen molar-refractivity contribution in [1.82, 2.24) is 9.88 Å². The van der Waals surface area contributed by atoms with Crippen molar-refractivity contribution in [2.45, 2.75) is 39.8 Å². The van der Waals surface area contributed by atoms with Gasteiger partial charge >= 0.3 is 0 Å². The highest BCUT2D eigenvalue weighted by molar-refractivity contribution is 5.25. The molecule has 0 saturated heterocycles. The Balaban J connectivity index is 1.78. The van der Waals surface area contributed by atoms with E-state index < -0.39 is 0 Å². The highest BCUT2D eigenvalue weighted by atomic mass is 15.0. The fourth-order valence-corrected chi connectivity index (χ4v) is 2.40. The number of benzene rings is 1. The van der Waals surface area contributed by atoms with E-state index in [4.69, 9.17) is 0 Å². The molecule has 102 valence electrons. The molecular formula is C17H24N2. The molecule has 1 N–H and O–H groups in total. The fraction of sp³-hybridized carbons (Fsp3) is 0.412. The zero-order chi connectivity index (χ0) is 13.5. The Morgan fingerprint density at radius 2 is 1.95 bits per heavy atom. The van der Waals surface area contributed by atoms with Crippen LogP contribution in [0.5, 0.6) is 0 Å². The maximum atomic E-state index is 3.54. The molecule has 0 aliphatic rings. The highest BCUT2D eigenvalue weighted by Gasteiger charge is 2.00. The lowest BCUT2D eigenvalue weighted by molar-refractivity contribution is 0.602. The summed E-state index contributed by atoms with van der Waals surface area (Å²) >= 11 is 0. The van der Waals surface area contributed by atoms with Gasteiger partial charge in [0.1, 0.15) is 0 Å². The molecular weight excluding hydrogens is 232 g/mol. The first-order valence-corrected chi connectivity index (χ1v) is 7.20. The van der Waals surface area contributed by atoms with Crippen molar-refractivity contribution >= 4 is 0 Å². The molecule has 1 aromatic heterocycles. The van der Waals surface area contributed by atoms with Crippen molar-refractivity contribution in [3.8, 4) is 0 Å². The number of nitrogens with zero attached hydrogens (tertiary/aromatic N) is 1. The van der Waals surface area contributed by atoms with Crippen molar-refractivity contribution in [3.63, 3.8) is 0 Å². The molecule has 0 unspecified atom stereocenters. The van der Waals surface area contributed by atoms with Gasteiger partial charge < -0.3 is 9.88 Å². The van der Waals surface area contributed by atoms with Gasteiger partial charge in [-0.1, -0.05) is 31.2 Å². The topological polar surface area (TPSA) is 17.0 Å². The van der Waals surface area contributed by atoms with Gasteiger partial charge in [-0.25, -0.2) is 0 Å². The van der Waals surface area contributed by atoms with Crippen LogP contribution in [0.25, 0.3) is 0 Å². The van der Waals surface area contributed by atoms with Crippen LogP contribution < -0.4 is 5.32 Å². The average Bonchev–Trinajstić information content (AvgIpc) is 2.85. The molecule has 1 aromatic carbocycles. The Bertz CT molecular complexity index is 499. The van der Waals surface area contributed by atoms with Crippen LogP contribution in [0.1, 0.15) is 30.2 Å². The third kappa shape index (κ3) is 3.97. The molecule has 0 saturated carbocycles. The summed E-state index contributed by atoms with van der Waals surface area (Å²) < 4.78 is 2.33. The van der Waals surface area contributed by atoms with Gasteiger partial charge in [-0.2, -0.15) is 0 Å². The molecule has 0 atom stereocenters. The highest BCUT2D eigenvalue weighted by Crippen LogP contribution is 2.07. The molecule has 0 bridgehead atoms. The monoisotopic (exact) mass is 256 g/mol. The van der Waals surface area contributed by atoms with Gasteiger partial charge in [-0.3, -0.25) is 0 Å². The van der Waals surface area contributed by atoms with E-state index in [1.807, 2.05) is 0 Å². The van der Waals surface area contributed by atoms with Crippen LogP contribution in [-0.2, 0) is 19.5 Å². The third-order valence-electron chi connectivity index (χ3n) is 3.53. The smallest absolute Gasteiger partial charge is 0.0359 e. The third-order valence-corrected chi connectivity index (χ3v) is 3.53. The van der Waals surface area contributed by atoms with Crippen LogP contribution in [0, 0.1) is 6.92 Å². The molecule has 0 radical (unpaired) electrons. The van der Waals surface area contributed by atoms with Gasteiger partial charge in [-0.05, 0) is 49.6 Å². The lowest BCUT2D eigenvalue weighted by Gasteiger charge is -2.10. The number of rotatable bonds is 7. The zero-order valence-corrected chi connectivity index (χ0v) is 12.0. The summed E-state index contributed by atoms with van der Waals surface area (Å²) in [5, 5.41) is 3.54. The summed E-state index contributed by atoms with van der Waals surface area (Å²) in [7, 11) is 0. The molecule has 0 spiro atoms. The van der Waals surface area contributed by atoms with Gasteiger partial charge in [0, 0.05) is 25.0 Å². The quantitative estimate of drug-likeness (QED) is 0.750. The average molecular weight is 256 g/mol. The van der Waals surface area contributed by atoms with E-state index in [1.165, 1.54) is 23.2 Å². The van der Waals surface area contributed by atoms with Gasteiger partial charge in [0.15, 0.2) is 0 Å². The predicted octanol–water partition coefficient (Wildman–Crippen LogP) is 3.54. The Hall–Kier alpha value is -1.54. The number of hydrogen-bond donors (Lipinski definition) is 1. The maximum absolute atomic E-state index is 3.54. The van der Waals surface area contributed by atoms with Crippen molar-refractivity contribution in [3.05, 3.63) is 59.4 Å². The van der Waals surface area contributed by atoms with Gasteiger partial charge in [0.25, 0.3) is 0 Å². The minimum Gasteiger partial charge on any atom is -0.350 e. The first-order chi connectivity index (χ1) is 9.31. The van der Waals surface area contributed by atoms with Crippen LogP contribution in [-0.4, -0.2) is 11.1 Å². The van der Waals surface area contributed by atoms with Gasteiger partial charge in [-0.15, -0.1) is 0 Å². The Kier molecular flexibility index (Phi) is 5.22. The fourth-order valence-electron chi connectivity index (χ4n) is 2.40. The van der Waals surface area contributed by atoms with Crippen LogP contribution in [0.2, 0.25) is 0 Å². The zero-order valence-electron chi connectivity index (χ0n) is 12.0. The lowest BCUT2D eigenvalue weighted by atomic mass is 10.1. The van der Waals surface area contributed by atoms with Crippen LogP contribution >= 0.6 is 0 Å². The van der Waals surface area contributed by atoms with Crippen LogP contribution in [0.4, 0.5) is 0 Å². The first kappa shape index (κ1) is 13.9. The molecule has 2 nitrogen and oxygen atoms in total. The van der Waals surface area contributed by atoms with E-state index in [9.17, 15) is 0 Å². The molecule has 2 rings (SSSR count). The van der Waals surface area contributed by atoms with Crippen molar-refractivity contribution in [1.29, 1.82) is 0 Å². The second-order valence-electron chi connectivity index (χ2n) is 5.05. The minimum atomic E-state index is 0.957. The second kappa shape index (κ2) is 7.15. The summed E-state index contributed by atoms with van der Waals surface area (Å²) in [6.07, 6.45) is 4.45. The number of aromatic nitrogens is 1.